The summed E-state index contributed by atoms with van der Waals surface area (Å²) in [6, 6.07) is 17.2. The number of likely N-dealkylation sites (N-methyl/N-ethyl adjacent to an activating group) is 1. The number of aliphatic hydroxyl groups is 1. The van der Waals surface area contributed by atoms with Gasteiger partial charge in [0.25, 0.3) is 0 Å². The maximum Gasteiger partial charge on any atom is 0.410 e. The molecular formula is C24H25N3O6. The summed E-state index contributed by atoms with van der Waals surface area (Å²) in [6.07, 6.45) is -0.703. The number of hydrogen-bond acceptors (Lipinski definition) is 7. The quantitative estimate of drug-likeness (QED) is 0.652. The van der Waals surface area contributed by atoms with Crippen LogP contribution in [0.15, 0.2) is 77.0 Å². The van der Waals surface area contributed by atoms with Crippen molar-refractivity contribution in [3.8, 4) is 0 Å². The van der Waals surface area contributed by atoms with Crippen molar-refractivity contribution >= 4 is 23.8 Å². The molecule has 1 heterocycles. The Hall–Kier alpha value is -4.14. The third-order valence-corrected chi connectivity index (χ3v) is 4.90. The summed E-state index contributed by atoms with van der Waals surface area (Å²) in [6.45, 7) is 1.19. The summed E-state index contributed by atoms with van der Waals surface area (Å²) in [7, 11) is 1.43. The molecule has 1 aliphatic rings. The van der Waals surface area contributed by atoms with Gasteiger partial charge >= 0.3 is 12.1 Å². The molecule has 2 amide bonds. The van der Waals surface area contributed by atoms with Crippen molar-refractivity contribution in [2.75, 3.05) is 13.6 Å². The highest BCUT2D eigenvalue weighted by molar-refractivity contribution is 6.23. The van der Waals surface area contributed by atoms with Crippen LogP contribution in [0.5, 0.6) is 0 Å². The first-order chi connectivity index (χ1) is 15.9. The first kappa shape index (κ1) is 23.5. The molecule has 0 spiro atoms. The number of aliphatic hydroxyl groups excluding tert-OH is 1. The number of nitrogens with one attached hydrogen (secondary N) is 1. The highest BCUT2D eigenvalue weighted by Gasteiger charge is 2.36. The number of amides is 2. The first-order valence-electron chi connectivity index (χ1n) is 10.3. The van der Waals surface area contributed by atoms with E-state index in [1.165, 1.54) is 14.0 Å². The van der Waals surface area contributed by atoms with E-state index >= 15 is 0 Å². The number of aliphatic imine (C=N–C) groups is 1. The number of nitrogens with zero attached hydrogens (tertiary/aromatic N) is 2. The van der Waals surface area contributed by atoms with Crippen LogP contribution in [0.2, 0.25) is 0 Å². The van der Waals surface area contributed by atoms with Crippen molar-refractivity contribution in [1.29, 1.82) is 0 Å². The highest BCUT2D eigenvalue weighted by atomic mass is 16.6. The average molecular weight is 451 g/mol. The molecular weight excluding hydrogens is 426 g/mol. The fourth-order valence-electron chi connectivity index (χ4n) is 3.15. The van der Waals surface area contributed by atoms with Crippen molar-refractivity contribution in [1.82, 2.24) is 10.2 Å². The van der Waals surface area contributed by atoms with E-state index in [4.69, 9.17) is 9.47 Å². The summed E-state index contributed by atoms with van der Waals surface area (Å²) in [5.41, 5.74) is 1.25. The minimum atomic E-state index is -0.968. The van der Waals surface area contributed by atoms with Crippen LogP contribution >= 0.6 is 0 Å². The first-order valence-corrected chi connectivity index (χ1v) is 10.3. The Labute approximate surface area is 191 Å². The molecule has 0 saturated heterocycles. The number of dihydropyridines is 1. The van der Waals surface area contributed by atoms with Crippen LogP contribution in [0.25, 0.3) is 0 Å². The third-order valence-electron chi connectivity index (χ3n) is 4.90. The Morgan fingerprint density at radius 2 is 1.55 bits per heavy atom. The van der Waals surface area contributed by atoms with Crippen molar-refractivity contribution in [3.05, 3.63) is 83.1 Å². The van der Waals surface area contributed by atoms with Crippen LogP contribution in [0.3, 0.4) is 0 Å². The Morgan fingerprint density at radius 1 is 1.00 bits per heavy atom. The van der Waals surface area contributed by atoms with Gasteiger partial charge in [-0.2, -0.15) is 0 Å². The van der Waals surface area contributed by atoms with Gasteiger partial charge in [-0.15, -0.1) is 0 Å². The van der Waals surface area contributed by atoms with Crippen molar-refractivity contribution in [2.45, 2.75) is 26.2 Å². The molecule has 33 heavy (non-hydrogen) atoms. The molecule has 1 atom stereocenters. The van der Waals surface area contributed by atoms with Gasteiger partial charge in [-0.25, -0.2) is 9.59 Å². The van der Waals surface area contributed by atoms with Crippen molar-refractivity contribution in [2.24, 2.45) is 4.99 Å². The van der Waals surface area contributed by atoms with Crippen LogP contribution in [0.4, 0.5) is 4.79 Å². The number of carbonyl (C=O) groups is 3. The van der Waals surface area contributed by atoms with Gasteiger partial charge in [0.1, 0.15) is 36.4 Å². The Morgan fingerprint density at radius 3 is 2.09 bits per heavy atom. The summed E-state index contributed by atoms with van der Waals surface area (Å²) in [4.78, 5) is 42.3. The minimum Gasteiger partial charge on any atom is -0.509 e. The van der Waals surface area contributed by atoms with Crippen LogP contribution < -0.4 is 5.32 Å². The number of hydrogen-bond donors (Lipinski definition) is 2. The van der Waals surface area contributed by atoms with Gasteiger partial charge < -0.3 is 19.9 Å². The molecule has 2 N–H and O–H groups in total. The summed E-state index contributed by atoms with van der Waals surface area (Å²) >= 11 is 0. The molecule has 9 heteroatoms. The van der Waals surface area contributed by atoms with Crippen LogP contribution in [-0.4, -0.2) is 53.4 Å². The topological polar surface area (TPSA) is 118 Å². The fourth-order valence-corrected chi connectivity index (χ4v) is 3.15. The molecule has 0 radical (unpaired) electrons. The summed E-state index contributed by atoms with van der Waals surface area (Å²) in [5.74, 6) is -1.89. The monoisotopic (exact) mass is 451 g/mol. The van der Waals surface area contributed by atoms with Gasteiger partial charge in [-0.3, -0.25) is 14.7 Å². The van der Waals surface area contributed by atoms with Gasteiger partial charge in [0.05, 0.1) is 6.54 Å². The van der Waals surface area contributed by atoms with E-state index in [9.17, 15) is 19.5 Å². The molecule has 3 rings (SSSR count). The third kappa shape index (κ3) is 6.19. The normalized spacial score (nSPS) is 15.3. The largest absolute Gasteiger partial charge is 0.509 e. The maximum absolute atomic E-state index is 12.8. The van der Waals surface area contributed by atoms with Gasteiger partial charge in [0.2, 0.25) is 5.91 Å². The lowest BCUT2D eigenvalue weighted by Crippen LogP contribution is -2.46. The van der Waals surface area contributed by atoms with E-state index in [1.807, 2.05) is 36.4 Å². The minimum absolute atomic E-state index is 0.0383. The SMILES string of the molecule is CC(=O)NC1=NCC(N(C)C(=O)OCc2ccccc2)C(O)=C1C(=O)OCc1ccccc1. The van der Waals surface area contributed by atoms with E-state index in [2.05, 4.69) is 10.3 Å². The molecule has 2 aromatic carbocycles. The molecule has 0 aromatic heterocycles. The molecule has 1 unspecified atom stereocenters. The number of ether oxygens (including phenoxy) is 2. The molecule has 2 aromatic rings. The summed E-state index contributed by atoms with van der Waals surface area (Å²) < 4.78 is 10.6. The zero-order chi connectivity index (χ0) is 23.8. The molecule has 9 nitrogen and oxygen atoms in total. The highest BCUT2D eigenvalue weighted by Crippen LogP contribution is 2.21. The molecule has 0 aliphatic carbocycles. The zero-order valence-electron chi connectivity index (χ0n) is 18.4. The lowest BCUT2D eigenvalue weighted by Gasteiger charge is -2.30. The number of benzene rings is 2. The molecule has 0 bridgehead atoms. The van der Waals surface area contributed by atoms with E-state index in [1.54, 1.807) is 24.3 Å². The second kappa shape index (κ2) is 10.9. The predicted octanol–water partition coefficient (Wildman–Crippen LogP) is 2.73. The fraction of sp³-hybridized carbons (Fsp3) is 0.250. The molecule has 0 saturated carbocycles. The maximum atomic E-state index is 12.8. The molecule has 172 valence electrons. The van der Waals surface area contributed by atoms with Gasteiger partial charge in [0, 0.05) is 14.0 Å². The smallest absolute Gasteiger partial charge is 0.410 e. The van der Waals surface area contributed by atoms with E-state index in [0.29, 0.717) is 0 Å². The lowest BCUT2D eigenvalue weighted by molar-refractivity contribution is -0.140. The number of carbonyl (C=O) groups excluding carboxylic acids is 3. The van der Waals surface area contributed by atoms with E-state index in [0.717, 1.165) is 16.0 Å². The Bertz CT molecular complexity index is 1070. The van der Waals surface area contributed by atoms with Crippen LogP contribution in [0, 0.1) is 0 Å². The number of esters is 1. The standard InChI is InChI=1S/C24H25N3O6/c1-16(28)26-22-20(23(30)32-14-17-9-5-3-6-10-17)21(29)19(13-25-22)27(2)24(31)33-15-18-11-7-4-8-12-18/h3-12,19,29H,13-15H2,1-2H3,(H,25,26,28). The van der Waals surface area contributed by atoms with Gasteiger partial charge in [0.15, 0.2) is 0 Å². The number of rotatable bonds is 6. The van der Waals surface area contributed by atoms with Gasteiger partial charge in [-0.05, 0) is 11.1 Å². The lowest BCUT2D eigenvalue weighted by atomic mass is 10.0. The summed E-state index contributed by atoms with van der Waals surface area (Å²) in [5, 5.41) is 13.3. The van der Waals surface area contributed by atoms with Crippen LogP contribution in [-0.2, 0) is 32.3 Å². The Balaban J connectivity index is 1.75. The Kier molecular flexibility index (Phi) is 7.80. The second-order valence-corrected chi connectivity index (χ2v) is 7.36. The molecule has 0 fully saturated rings. The second-order valence-electron chi connectivity index (χ2n) is 7.36. The van der Waals surface area contributed by atoms with E-state index in [-0.39, 0.29) is 31.2 Å². The van der Waals surface area contributed by atoms with Gasteiger partial charge in [-0.1, -0.05) is 60.7 Å². The van der Waals surface area contributed by atoms with Crippen LogP contribution in [0.1, 0.15) is 18.1 Å². The van der Waals surface area contributed by atoms with Crippen molar-refractivity contribution in [3.63, 3.8) is 0 Å². The predicted molar refractivity (Wildman–Crippen MR) is 120 cm³/mol. The number of amidine groups is 1. The van der Waals surface area contributed by atoms with E-state index < -0.39 is 29.8 Å². The van der Waals surface area contributed by atoms with Crippen molar-refractivity contribution < 1.29 is 29.0 Å². The molecule has 1 aliphatic heterocycles. The zero-order valence-corrected chi connectivity index (χ0v) is 18.4. The average Bonchev–Trinajstić information content (AvgIpc) is 2.82.